The highest BCUT2D eigenvalue weighted by molar-refractivity contribution is 5.57. The third-order valence-electron chi connectivity index (χ3n) is 1.95. The Morgan fingerprint density at radius 3 is 2.27 bits per heavy atom. The molecule has 4 heteroatoms. The molecular weight excluding hydrogens is 203 g/mol. The van der Waals surface area contributed by atoms with E-state index in [0.29, 0.717) is 0 Å². The molecule has 0 fully saturated rings. The summed E-state index contributed by atoms with van der Waals surface area (Å²) in [6.45, 7) is 0. The van der Waals surface area contributed by atoms with Crippen LogP contribution >= 0.6 is 0 Å². The van der Waals surface area contributed by atoms with Crippen LogP contribution in [-0.2, 0) is 6.18 Å². The Hall–Kier alpha value is -1.63. The zero-order chi connectivity index (χ0) is 11.6. The van der Waals surface area contributed by atoms with E-state index < -0.39 is 11.7 Å². The van der Waals surface area contributed by atoms with E-state index >= 15 is 0 Å². The van der Waals surface area contributed by atoms with Crippen molar-refractivity contribution in [3.05, 3.63) is 29.3 Å². The van der Waals surface area contributed by atoms with Crippen LogP contribution in [-0.4, -0.2) is 14.1 Å². The lowest BCUT2D eigenvalue weighted by molar-refractivity contribution is -0.137. The van der Waals surface area contributed by atoms with Gasteiger partial charge in [0.1, 0.15) is 0 Å². The Labute approximate surface area is 86.5 Å². The van der Waals surface area contributed by atoms with Crippen LogP contribution in [0.3, 0.4) is 0 Å². The van der Waals surface area contributed by atoms with Gasteiger partial charge in [0.25, 0.3) is 0 Å². The Morgan fingerprint density at radius 2 is 1.87 bits per heavy atom. The predicted molar refractivity (Wildman–Crippen MR) is 53.7 cm³/mol. The van der Waals surface area contributed by atoms with E-state index in [0.717, 1.165) is 6.07 Å². The van der Waals surface area contributed by atoms with Crippen molar-refractivity contribution in [2.75, 3.05) is 19.0 Å². The van der Waals surface area contributed by atoms with Gasteiger partial charge in [0.15, 0.2) is 0 Å². The molecule has 1 nitrogen and oxygen atoms in total. The molecule has 0 aliphatic rings. The topological polar surface area (TPSA) is 3.24 Å². The van der Waals surface area contributed by atoms with Crippen LogP contribution in [0.2, 0.25) is 0 Å². The molecule has 0 aliphatic heterocycles. The summed E-state index contributed by atoms with van der Waals surface area (Å²) in [5, 5.41) is 0. The number of benzene rings is 1. The quantitative estimate of drug-likeness (QED) is 0.648. The fraction of sp³-hybridized carbons (Fsp3) is 0.273. The molecule has 1 rings (SSSR count). The summed E-state index contributed by atoms with van der Waals surface area (Å²) in [6.07, 6.45) is 0.675. The van der Waals surface area contributed by atoms with Gasteiger partial charge in [0.05, 0.1) is 5.56 Å². The molecule has 0 unspecified atom stereocenters. The van der Waals surface area contributed by atoms with Crippen LogP contribution in [0.4, 0.5) is 18.9 Å². The first-order valence-corrected chi connectivity index (χ1v) is 4.21. The Balaban J connectivity index is 3.37. The number of halogens is 3. The van der Waals surface area contributed by atoms with Gasteiger partial charge in [-0.1, -0.05) is 5.92 Å². The minimum Gasteiger partial charge on any atom is -0.377 e. The normalized spacial score (nSPS) is 10.9. The van der Waals surface area contributed by atoms with Gasteiger partial charge >= 0.3 is 6.18 Å². The predicted octanol–water partition coefficient (Wildman–Crippen LogP) is 2.75. The van der Waals surface area contributed by atoms with Crippen molar-refractivity contribution in [1.82, 2.24) is 0 Å². The highest BCUT2D eigenvalue weighted by Crippen LogP contribution is 2.36. The average Bonchev–Trinajstić information content (AvgIpc) is 2.15. The van der Waals surface area contributed by atoms with Crippen LogP contribution in [0, 0.1) is 12.3 Å². The Bertz CT molecular complexity index is 399. The fourth-order valence-electron chi connectivity index (χ4n) is 1.24. The molecule has 0 amide bonds. The van der Waals surface area contributed by atoms with Crippen molar-refractivity contribution in [3.63, 3.8) is 0 Å². The standard InChI is InChI=1S/C11H10F3N/c1-4-8-5-6-10(15(2)3)9(7-8)11(12,13)14/h1,5-7H,2-3H3. The summed E-state index contributed by atoms with van der Waals surface area (Å²) in [7, 11) is 3.11. The Morgan fingerprint density at radius 1 is 1.27 bits per heavy atom. The average molecular weight is 213 g/mol. The molecule has 80 valence electrons. The highest BCUT2D eigenvalue weighted by atomic mass is 19.4. The van der Waals surface area contributed by atoms with Gasteiger partial charge in [-0.3, -0.25) is 0 Å². The summed E-state index contributed by atoms with van der Waals surface area (Å²) >= 11 is 0. The molecule has 0 aromatic heterocycles. The first-order valence-electron chi connectivity index (χ1n) is 4.21. The third kappa shape index (κ3) is 2.44. The van der Waals surface area contributed by atoms with Gasteiger partial charge < -0.3 is 4.90 Å². The number of alkyl halides is 3. The first kappa shape index (κ1) is 11.4. The smallest absolute Gasteiger partial charge is 0.377 e. The minimum absolute atomic E-state index is 0.113. The van der Waals surface area contributed by atoms with E-state index in [-0.39, 0.29) is 11.3 Å². The van der Waals surface area contributed by atoms with Gasteiger partial charge in [0.2, 0.25) is 0 Å². The molecule has 0 aliphatic carbocycles. The summed E-state index contributed by atoms with van der Waals surface area (Å²) in [6, 6.07) is 3.85. The van der Waals surface area contributed by atoms with Crippen LogP contribution in [0.5, 0.6) is 0 Å². The first-order chi connectivity index (χ1) is 6.86. The summed E-state index contributed by atoms with van der Waals surface area (Å²) in [4.78, 5) is 1.41. The second-order valence-corrected chi connectivity index (χ2v) is 3.27. The van der Waals surface area contributed by atoms with Crippen molar-refractivity contribution in [2.24, 2.45) is 0 Å². The maximum atomic E-state index is 12.6. The van der Waals surface area contributed by atoms with Crippen molar-refractivity contribution in [3.8, 4) is 12.3 Å². The Kier molecular flexibility index (Phi) is 2.94. The molecule has 0 radical (unpaired) electrons. The van der Waals surface area contributed by atoms with Crippen LogP contribution in [0.15, 0.2) is 18.2 Å². The number of hydrogen-bond acceptors (Lipinski definition) is 1. The lowest BCUT2D eigenvalue weighted by atomic mass is 10.1. The van der Waals surface area contributed by atoms with E-state index in [1.165, 1.54) is 17.0 Å². The molecule has 1 aromatic carbocycles. The lowest BCUT2D eigenvalue weighted by Gasteiger charge is -2.19. The number of rotatable bonds is 1. The van der Waals surface area contributed by atoms with Crippen molar-refractivity contribution in [1.29, 1.82) is 0 Å². The monoisotopic (exact) mass is 213 g/mol. The maximum Gasteiger partial charge on any atom is 0.418 e. The maximum absolute atomic E-state index is 12.6. The van der Waals surface area contributed by atoms with E-state index in [1.54, 1.807) is 14.1 Å². The zero-order valence-electron chi connectivity index (χ0n) is 8.39. The molecule has 0 bridgehead atoms. The van der Waals surface area contributed by atoms with E-state index in [2.05, 4.69) is 5.92 Å². The summed E-state index contributed by atoms with van der Waals surface area (Å²) in [5.41, 5.74) is -0.364. The summed E-state index contributed by atoms with van der Waals surface area (Å²) in [5.74, 6) is 2.19. The zero-order valence-corrected chi connectivity index (χ0v) is 8.39. The molecule has 15 heavy (non-hydrogen) atoms. The molecule has 0 N–H and O–H groups in total. The largest absolute Gasteiger partial charge is 0.418 e. The van der Waals surface area contributed by atoms with Gasteiger partial charge in [-0.15, -0.1) is 6.42 Å². The number of terminal acetylenes is 1. The van der Waals surface area contributed by atoms with Crippen LogP contribution in [0.1, 0.15) is 11.1 Å². The number of anilines is 1. The van der Waals surface area contributed by atoms with Crippen molar-refractivity contribution in [2.45, 2.75) is 6.18 Å². The molecular formula is C11H10F3N. The second kappa shape index (κ2) is 3.85. The fourth-order valence-corrected chi connectivity index (χ4v) is 1.24. The summed E-state index contributed by atoms with van der Waals surface area (Å²) < 4.78 is 37.9. The molecule has 0 heterocycles. The minimum atomic E-state index is -4.38. The van der Waals surface area contributed by atoms with Crippen LogP contribution in [0.25, 0.3) is 0 Å². The number of nitrogens with zero attached hydrogens (tertiary/aromatic N) is 1. The van der Waals surface area contributed by atoms with Gasteiger partial charge in [0, 0.05) is 25.3 Å². The van der Waals surface area contributed by atoms with Gasteiger partial charge in [-0.25, -0.2) is 0 Å². The van der Waals surface area contributed by atoms with E-state index in [4.69, 9.17) is 6.42 Å². The van der Waals surface area contributed by atoms with Crippen LogP contribution < -0.4 is 4.90 Å². The molecule has 0 saturated carbocycles. The molecule has 0 spiro atoms. The van der Waals surface area contributed by atoms with Crippen molar-refractivity contribution < 1.29 is 13.2 Å². The van der Waals surface area contributed by atoms with Gasteiger partial charge in [-0.2, -0.15) is 13.2 Å². The second-order valence-electron chi connectivity index (χ2n) is 3.27. The molecule has 0 atom stereocenters. The van der Waals surface area contributed by atoms with E-state index in [9.17, 15) is 13.2 Å². The van der Waals surface area contributed by atoms with Crippen molar-refractivity contribution >= 4 is 5.69 Å². The lowest BCUT2D eigenvalue weighted by Crippen LogP contribution is -2.16. The third-order valence-corrected chi connectivity index (χ3v) is 1.95. The molecule has 1 aromatic rings. The molecule has 0 saturated heterocycles. The van der Waals surface area contributed by atoms with Gasteiger partial charge in [-0.05, 0) is 18.2 Å². The highest BCUT2D eigenvalue weighted by Gasteiger charge is 2.34. The SMILES string of the molecule is C#Cc1ccc(N(C)C)c(C(F)(F)F)c1. The van der Waals surface area contributed by atoms with E-state index in [1.807, 2.05) is 0 Å². The number of hydrogen-bond donors (Lipinski definition) is 0.